The van der Waals surface area contributed by atoms with E-state index < -0.39 is 10.1 Å². The topological polar surface area (TPSA) is 83.5 Å². The third kappa shape index (κ3) is 7.80. The lowest BCUT2D eigenvalue weighted by atomic mass is 10.0. The van der Waals surface area contributed by atoms with Crippen molar-refractivity contribution in [3.8, 4) is 5.75 Å². The predicted molar refractivity (Wildman–Crippen MR) is 107 cm³/mol. The molecule has 0 bridgehead atoms. The molecule has 0 unspecified atom stereocenters. The normalized spacial score (nSPS) is 12.0. The number of unbranched alkanes of at least 4 members (excludes halogenated alkanes) is 1. The van der Waals surface area contributed by atoms with Crippen LogP contribution < -0.4 is 4.74 Å². The van der Waals surface area contributed by atoms with E-state index in [2.05, 4.69) is 0 Å². The van der Waals surface area contributed by atoms with Crippen LogP contribution in [0.4, 0.5) is 0 Å². The molecule has 0 aliphatic rings. The van der Waals surface area contributed by atoms with Gasteiger partial charge in [0.15, 0.2) is 5.78 Å². The molecule has 2 aromatic carbocycles. The van der Waals surface area contributed by atoms with Crippen molar-refractivity contribution in [2.24, 2.45) is 0 Å². The Morgan fingerprint density at radius 1 is 0.929 bits per heavy atom. The van der Waals surface area contributed by atoms with Crippen LogP contribution in [-0.2, 0) is 10.1 Å². The Morgan fingerprint density at radius 3 is 2.14 bits per heavy atom. The third-order valence-electron chi connectivity index (χ3n) is 4.53. The molecular formula is C21H27NO5S. The van der Waals surface area contributed by atoms with Gasteiger partial charge in [0.1, 0.15) is 18.9 Å². The Hall–Kier alpha value is -2.22. The summed E-state index contributed by atoms with van der Waals surface area (Å²) in [7, 11) is -0.0513. The molecule has 0 aliphatic carbocycles. The predicted octanol–water partition coefficient (Wildman–Crippen LogP) is 2.70. The van der Waals surface area contributed by atoms with Crippen molar-refractivity contribution >= 4 is 15.9 Å². The largest absolute Gasteiger partial charge is 0.748 e. The molecule has 152 valence electrons. The molecule has 0 aromatic heterocycles. The number of hydrogen-bond acceptors (Lipinski definition) is 5. The van der Waals surface area contributed by atoms with Crippen LogP contribution in [0.3, 0.4) is 0 Å². The zero-order chi connectivity index (χ0) is 20.6. The number of likely N-dealkylation sites (N-methyl/N-ethyl adjacent to an activating group) is 1. The van der Waals surface area contributed by atoms with E-state index in [1.165, 1.54) is 0 Å². The molecule has 0 saturated carbocycles. The summed E-state index contributed by atoms with van der Waals surface area (Å²) in [6, 6.07) is 16.2. The second-order valence-corrected chi connectivity index (χ2v) is 8.94. The molecule has 0 heterocycles. The van der Waals surface area contributed by atoms with Gasteiger partial charge in [0.25, 0.3) is 0 Å². The summed E-state index contributed by atoms with van der Waals surface area (Å²) in [5.41, 5.74) is 1.27. The molecule has 7 heteroatoms. The number of ketones is 1. The monoisotopic (exact) mass is 405 g/mol. The summed E-state index contributed by atoms with van der Waals surface area (Å²) < 4.78 is 38.3. The van der Waals surface area contributed by atoms with Crippen molar-refractivity contribution in [2.75, 3.05) is 39.5 Å². The average molecular weight is 406 g/mol. The zero-order valence-corrected chi connectivity index (χ0v) is 17.2. The number of hydrogen-bond donors (Lipinski definition) is 0. The highest BCUT2D eigenvalue weighted by molar-refractivity contribution is 7.85. The van der Waals surface area contributed by atoms with Crippen LogP contribution in [0.1, 0.15) is 28.8 Å². The summed E-state index contributed by atoms with van der Waals surface area (Å²) in [6.07, 6.45) is 1.05. The molecule has 0 atom stereocenters. The standard InChI is InChI=1S/C21H27NO5S/c1-22(2,14-6-7-17-28(24,25)26)15-16-27-20-12-10-19(11-13-20)21(23)18-8-4-3-5-9-18/h3-5,8-13H,6-7,14-17H2,1-2H3. The highest BCUT2D eigenvalue weighted by Gasteiger charge is 2.15. The Bertz CT molecular complexity index is 861. The molecular weight excluding hydrogens is 378 g/mol. The SMILES string of the molecule is C[N+](C)(CCCCS(=O)(=O)[O-])CCOc1ccc(C(=O)c2ccccc2)cc1. The summed E-state index contributed by atoms with van der Waals surface area (Å²) in [6.45, 7) is 2.01. The average Bonchev–Trinajstić information content (AvgIpc) is 2.65. The lowest BCUT2D eigenvalue weighted by molar-refractivity contribution is -0.890. The quantitative estimate of drug-likeness (QED) is 0.248. The smallest absolute Gasteiger partial charge is 0.193 e. The first kappa shape index (κ1) is 22.1. The fourth-order valence-corrected chi connectivity index (χ4v) is 3.36. The maximum Gasteiger partial charge on any atom is 0.193 e. The number of ether oxygens (including phenoxy) is 1. The van der Waals surface area contributed by atoms with Gasteiger partial charge in [-0.15, -0.1) is 0 Å². The maximum absolute atomic E-state index is 12.4. The van der Waals surface area contributed by atoms with Crippen LogP contribution >= 0.6 is 0 Å². The van der Waals surface area contributed by atoms with Crippen LogP contribution in [0.5, 0.6) is 5.75 Å². The molecule has 0 amide bonds. The Labute approximate surface area is 167 Å². The molecule has 0 radical (unpaired) electrons. The molecule has 28 heavy (non-hydrogen) atoms. The van der Waals surface area contributed by atoms with Crippen LogP contribution in [0.2, 0.25) is 0 Å². The first-order valence-corrected chi connectivity index (χ1v) is 10.8. The second kappa shape index (κ2) is 9.82. The van der Waals surface area contributed by atoms with Crippen molar-refractivity contribution in [3.05, 3.63) is 65.7 Å². The number of nitrogens with zero attached hydrogens (tertiary/aromatic N) is 1. The highest BCUT2D eigenvalue weighted by atomic mass is 32.2. The van der Waals surface area contributed by atoms with Crippen LogP contribution in [0.25, 0.3) is 0 Å². The Morgan fingerprint density at radius 2 is 1.54 bits per heavy atom. The molecule has 0 fully saturated rings. The van der Waals surface area contributed by atoms with Gasteiger partial charge in [-0.2, -0.15) is 0 Å². The van der Waals surface area contributed by atoms with Crippen molar-refractivity contribution in [3.63, 3.8) is 0 Å². The summed E-state index contributed by atoms with van der Waals surface area (Å²) in [5, 5.41) is 0. The molecule has 0 aliphatic heterocycles. The van der Waals surface area contributed by atoms with Gasteiger partial charge >= 0.3 is 0 Å². The summed E-state index contributed by atoms with van der Waals surface area (Å²) in [5.74, 6) is 0.365. The zero-order valence-electron chi connectivity index (χ0n) is 16.3. The lowest BCUT2D eigenvalue weighted by Crippen LogP contribution is -2.43. The van der Waals surface area contributed by atoms with E-state index >= 15 is 0 Å². The summed E-state index contributed by atoms with van der Waals surface area (Å²) in [4.78, 5) is 12.4. The van der Waals surface area contributed by atoms with E-state index in [9.17, 15) is 17.8 Å². The minimum Gasteiger partial charge on any atom is -0.748 e. The summed E-state index contributed by atoms with van der Waals surface area (Å²) >= 11 is 0. The number of carbonyl (C=O) groups excluding carboxylic acids is 1. The van der Waals surface area contributed by atoms with E-state index in [0.29, 0.717) is 40.8 Å². The molecule has 0 N–H and O–H groups in total. The molecule has 6 nitrogen and oxygen atoms in total. The molecule has 0 saturated heterocycles. The number of carbonyl (C=O) groups is 1. The van der Waals surface area contributed by atoms with Gasteiger partial charge < -0.3 is 13.8 Å². The van der Waals surface area contributed by atoms with Gasteiger partial charge in [0.2, 0.25) is 0 Å². The van der Waals surface area contributed by atoms with Crippen LogP contribution in [0, 0.1) is 0 Å². The Balaban J connectivity index is 1.77. The van der Waals surface area contributed by atoms with E-state index in [1.54, 1.807) is 36.4 Å². The lowest BCUT2D eigenvalue weighted by Gasteiger charge is -2.29. The third-order valence-corrected chi connectivity index (χ3v) is 5.31. The van der Waals surface area contributed by atoms with Gasteiger partial charge in [-0.3, -0.25) is 4.79 Å². The number of benzene rings is 2. The molecule has 2 rings (SSSR count). The van der Waals surface area contributed by atoms with Crippen molar-refractivity contribution in [2.45, 2.75) is 12.8 Å². The number of rotatable bonds is 11. The Kier molecular flexibility index (Phi) is 7.74. The molecule has 0 spiro atoms. The first-order valence-electron chi connectivity index (χ1n) is 9.24. The number of quaternary nitrogens is 1. The minimum absolute atomic E-state index is 0.0231. The minimum atomic E-state index is -4.13. The fraction of sp³-hybridized carbons (Fsp3) is 0.381. The van der Waals surface area contributed by atoms with Crippen LogP contribution in [-0.4, -0.2) is 62.8 Å². The van der Waals surface area contributed by atoms with Gasteiger partial charge in [0.05, 0.1) is 30.8 Å². The van der Waals surface area contributed by atoms with Crippen molar-refractivity contribution in [1.82, 2.24) is 0 Å². The highest BCUT2D eigenvalue weighted by Crippen LogP contribution is 2.16. The van der Waals surface area contributed by atoms with Gasteiger partial charge in [-0.05, 0) is 37.1 Å². The van der Waals surface area contributed by atoms with E-state index in [-0.39, 0.29) is 11.5 Å². The van der Waals surface area contributed by atoms with E-state index in [1.807, 2.05) is 32.3 Å². The van der Waals surface area contributed by atoms with E-state index in [0.717, 1.165) is 13.1 Å². The van der Waals surface area contributed by atoms with Gasteiger partial charge in [0, 0.05) is 16.9 Å². The van der Waals surface area contributed by atoms with Gasteiger partial charge in [-0.1, -0.05) is 30.3 Å². The van der Waals surface area contributed by atoms with Crippen LogP contribution in [0.15, 0.2) is 54.6 Å². The van der Waals surface area contributed by atoms with Crippen molar-refractivity contribution in [1.29, 1.82) is 0 Å². The fourth-order valence-electron chi connectivity index (χ4n) is 2.80. The molecule has 2 aromatic rings. The van der Waals surface area contributed by atoms with E-state index in [4.69, 9.17) is 4.74 Å². The maximum atomic E-state index is 12.4. The second-order valence-electron chi connectivity index (χ2n) is 7.42. The first-order chi connectivity index (χ1) is 13.2. The van der Waals surface area contributed by atoms with Gasteiger partial charge in [-0.25, -0.2) is 8.42 Å². The van der Waals surface area contributed by atoms with Crippen molar-refractivity contribution < 1.29 is 27.0 Å².